The average Bonchev–Trinajstić information content (AvgIpc) is 2.79. The molecule has 31 heavy (non-hydrogen) atoms. The summed E-state index contributed by atoms with van der Waals surface area (Å²) >= 11 is 6.38. The Bertz CT molecular complexity index is 1310. The third kappa shape index (κ3) is 3.55. The minimum atomic E-state index is -0.328. The van der Waals surface area contributed by atoms with Crippen LogP contribution in [0.3, 0.4) is 0 Å². The Balaban J connectivity index is 1.64. The van der Waals surface area contributed by atoms with Crippen molar-refractivity contribution >= 4 is 39.4 Å². The first kappa shape index (κ1) is 19.7. The van der Waals surface area contributed by atoms with Gasteiger partial charge in [0, 0.05) is 32.4 Å². The second-order valence-electron chi connectivity index (χ2n) is 7.38. The molecule has 1 aromatic carbocycles. The summed E-state index contributed by atoms with van der Waals surface area (Å²) in [6, 6.07) is 8.71. The van der Waals surface area contributed by atoms with Crippen molar-refractivity contribution < 1.29 is 0 Å². The Morgan fingerprint density at radius 1 is 1.10 bits per heavy atom. The molecule has 10 heteroatoms. The van der Waals surface area contributed by atoms with Crippen molar-refractivity contribution in [1.82, 2.24) is 29.9 Å². The first-order chi connectivity index (χ1) is 15.1. The standard InChI is InChI=1S/C21H21ClN8O/c1-13(27-19-18-16(25-12-26-19)6-3-7-24-18)20-28-15-5-2-4-14(22)17(15)21(31)30(20)29-10-8-23-9-11-29/h2-7,12-13,23H,8-11H2,1H3,(H,25,26,27). The maximum atomic E-state index is 13.5. The van der Waals surface area contributed by atoms with E-state index in [2.05, 4.69) is 25.6 Å². The van der Waals surface area contributed by atoms with Gasteiger partial charge in [0.05, 0.1) is 27.5 Å². The number of hydrogen-bond donors (Lipinski definition) is 2. The predicted molar refractivity (Wildman–Crippen MR) is 121 cm³/mol. The number of hydrogen-bond acceptors (Lipinski definition) is 8. The number of nitrogens with zero attached hydrogens (tertiary/aromatic N) is 6. The molecular weight excluding hydrogens is 416 g/mol. The smallest absolute Gasteiger partial charge is 0.281 e. The maximum Gasteiger partial charge on any atom is 0.281 e. The molecule has 0 aliphatic carbocycles. The van der Waals surface area contributed by atoms with Crippen LogP contribution in [0, 0.1) is 0 Å². The van der Waals surface area contributed by atoms with Crippen LogP contribution >= 0.6 is 11.6 Å². The largest absolute Gasteiger partial charge is 0.358 e. The molecule has 4 heterocycles. The minimum Gasteiger partial charge on any atom is -0.358 e. The third-order valence-electron chi connectivity index (χ3n) is 5.36. The Morgan fingerprint density at radius 2 is 1.90 bits per heavy atom. The summed E-state index contributed by atoms with van der Waals surface area (Å²) in [6.07, 6.45) is 3.20. The molecule has 4 aromatic rings. The highest BCUT2D eigenvalue weighted by Gasteiger charge is 2.23. The highest BCUT2D eigenvalue weighted by Crippen LogP contribution is 2.24. The second-order valence-corrected chi connectivity index (χ2v) is 7.79. The molecule has 1 aliphatic heterocycles. The number of rotatable bonds is 4. The van der Waals surface area contributed by atoms with Gasteiger partial charge in [-0.2, -0.15) is 0 Å². The fourth-order valence-corrected chi connectivity index (χ4v) is 4.12. The zero-order valence-corrected chi connectivity index (χ0v) is 17.7. The van der Waals surface area contributed by atoms with E-state index in [-0.39, 0.29) is 11.6 Å². The van der Waals surface area contributed by atoms with E-state index < -0.39 is 0 Å². The van der Waals surface area contributed by atoms with E-state index in [4.69, 9.17) is 16.6 Å². The number of aromatic nitrogens is 5. The van der Waals surface area contributed by atoms with Gasteiger partial charge >= 0.3 is 0 Å². The van der Waals surface area contributed by atoms with Crippen molar-refractivity contribution in [2.75, 3.05) is 36.5 Å². The maximum absolute atomic E-state index is 13.5. The van der Waals surface area contributed by atoms with Gasteiger partial charge in [-0.3, -0.25) is 9.78 Å². The van der Waals surface area contributed by atoms with Gasteiger partial charge in [0.15, 0.2) is 11.6 Å². The molecule has 0 radical (unpaired) electrons. The summed E-state index contributed by atoms with van der Waals surface area (Å²) in [4.78, 5) is 31.4. The zero-order valence-electron chi connectivity index (χ0n) is 16.9. The van der Waals surface area contributed by atoms with Crippen LogP contribution in [-0.2, 0) is 0 Å². The lowest BCUT2D eigenvalue weighted by Gasteiger charge is -2.33. The van der Waals surface area contributed by atoms with Gasteiger partial charge in [-0.1, -0.05) is 17.7 Å². The van der Waals surface area contributed by atoms with Gasteiger partial charge in [0.1, 0.15) is 11.8 Å². The van der Waals surface area contributed by atoms with Gasteiger partial charge < -0.3 is 15.6 Å². The monoisotopic (exact) mass is 436 g/mol. The van der Waals surface area contributed by atoms with Crippen LogP contribution in [0.4, 0.5) is 5.82 Å². The molecule has 1 unspecified atom stereocenters. The van der Waals surface area contributed by atoms with Crippen molar-refractivity contribution in [1.29, 1.82) is 0 Å². The summed E-state index contributed by atoms with van der Waals surface area (Å²) in [5.41, 5.74) is 1.80. The summed E-state index contributed by atoms with van der Waals surface area (Å²) in [5, 5.41) is 9.53. The van der Waals surface area contributed by atoms with Crippen molar-refractivity contribution in [3.05, 3.63) is 64.1 Å². The van der Waals surface area contributed by atoms with Gasteiger partial charge in [0.2, 0.25) is 0 Å². The number of pyridine rings is 1. The molecule has 1 saturated heterocycles. The Labute approximate surface area is 183 Å². The average molecular weight is 437 g/mol. The van der Waals surface area contributed by atoms with E-state index in [1.165, 1.54) is 6.33 Å². The SMILES string of the molecule is CC(Nc1ncnc2cccnc12)c1nc2cccc(Cl)c2c(=O)n1N1CCNCC1. The van der Waals surface area contributed by atoms with Crippen molar-refractivity contribution in [2.45, 2.75) is 13.0 Å². The highest BCUT2D eigenvalue weighted by atomic mass is 35.5. The lowest BCUT2D eigenvalue weighted by molar-refractivity contribution is 0.461. The van der Waals surface area contributed by atoms with Gasteiger partial charge in [-0.15, -0.1) is 0 Å². The Hall–Kier alpha value is -3.30. The quantitative estimate of drug-likeness (QED) is 0.501. The van der Waals surface area contributed by atoms with Gasteiger partial charge in [-0.25, -0.2) is 19.6 Å². The molecule has 0 saturated carbocycles. The molecule has 2 N–H and O–H groups in total. The lowest BCUT2D eigenvalue weighted by Crippen LogP contribution is -2.54. The minimum absolute atomic E-state index is 0.174. The number of piperazine rings is 1. The summed E-state index contributed by atoms with van der Waals surface area (Å²) in [7, 11) is 0. The third-order valence-corrected chi connectivity index (χ3v) is 5.68. The molecule has 9 nitrogen and oxygen atoms in total. The number of anilines is 1. The van der Waals surface area contributed by atoms with Crippen LogP contribution in [0.5, 0.6) is 0 Å². The number of nitrogens with one attached hydrogen (secondary N) is 2. The highest BCUT2D eigenvalue weighted by molar-refractivity contribution is 6.35. The van der Waals surface area contributed by atoms with E-state index in [1.807, 2.05) is 30.1 Å². The molecular formula is C21H21ClN8O. The van der Waals surface area contributed by atoms with Crippen LogP contribution in [0.1, 0.15) is 18.8 Å². The van der Waals surface area contributed by atoms with Gasteiger partial charge in [0.25, 0.3) is 5.56 Å². The van der Waals surface area contributed by atoms with Crippen LogP contribution in [0.2, 0.25) is 5.02 Å². The molecule has 1 fully saturated rings. The fourth-order valence-electron chi connectivity index (χ4n) is 3.87. The number of benzene rings is 1. The number of halogens is 1. The second kappa shape index (κ2) is 8.09. The van der Waals surface area contributed by atoms with Crippen LogP contribution in [0.15, 0.2) is 47.7 Å². The summed E-state index contributed by atoms with van der Waals surface area (Å²) < 4.78 is 1.66. The van der Waals surface area contributed by atoms with Crippen LogP contribution < -0.4 is 21.2 Å². The first-order valence-electron chi connectivity index (χ1n) is 10.1. The Morgan fingerprint density at radius 3 is 2.74 bits per heavy atom. The molecule has 0 amide bonds. The summed E-state index contributed by atoms with van der Waals surface area (Å²) in [5.74, 6) is 1.18. The van der Waals surface area contributed by atoms with Crippen LogP contribution in [0.25, 0.3) is 21.9 Å². The summed E-state index contributed by atoms with van der Waals surface area (Å²) in [6.45, 7) is 4.90. The van der Waals surface area contributed by atoms with E-state index in [1.54, 1.807) is 23.0 Å². The molecule has 5 rings (SSSR count). The Kier molecular flexibility index (Phi) is 5.13. The van der Waals surface area contributed by atoms with Crippen molar-refractivity contribution in [3.63, 3.8) is 0 Å². The normalized spacial score (nSPS) is 15.4. The van der Waals surface area contributed by atoms with Crippen molar-refractivity contribution in [2.24, 2.45) is 0 Å². The van der Waals surface area contributed by atoms with Crippen LogP contribution in [-0.4, -0.2) is 50.8 Å². The van der Waals surface area contributed by atoms with E-state index >= 15 is 0 Å². The number of fused-ring (bicyclic) bond motifs is 2. The van der Waals surface area contributed by atoms with E-state index in [9.17, 15) is 4.79 Å². The fraction of sp³-hybridized carbons (Fsp3) is 0.286. The van der Waals surface area contributed by atoms with Gasteiger partial charge in [-0.05, 0) is 31.2 Å². The predicted octanol–water partition coefficient (Wildman–Crippen LogP) is 2.10. The lowest BCUT2D eigenvalue weighted by atomic mass is 10.2. The molecule has 0 bridgehead atoms. The zero-order chi connectivity index (χ0) is 21.4. The van der Waals surface area contributed by atoms with E-state index in [0.717, 1.165) is 18.6 Å². The molecule has 0 spiro atoms. The topological polar surface area (TPSA) is 101 Å². The first-order valence-corrected chi connectivity index (χ1v) is 10.5. The molecule has 1 aliphatic rings. The molecule has 158 valence electrons. The molecule has 3 aromatic heterocycles. The van der Waals surface area contributed by atoms with E-state index in [0.29, 0.717) is 46.2 Å². The molecule has 1 atom stereocenters. The van der Waals surface area contributed by atoms with Crippen molar-refractivity contribution in [3.8, 4) is 0 Å².